The molecule has 0 aromatic heterocycles. The highest BCUT2D eigenvalue weighted by molar-refractivity contribution is 5.56. The molecule has 1 saturated carbocycles. The van der Waals surface area contributed by atoms with Crippen LogP contribution in [0.5, 0.6) is 0 Å². The summed E-state index contributed by atoms with van der Waals surface area (Å²) in [6.45, 7) is 2.38. The van der Waals surface area contributed by atoms with Gasteiger partial charge in [0.2, 0.25) is 0 Å². The Hall–Kier alpha value is -1.76. The van der Waals surface area contributed by atoms with E-state index in [2.05, 4.69) is 60.8 Å². The zero-order chi connectivity index (χ0) is 14.2. The fourth-order valence-electron chi connectivity index (χ4n) is 3.88. The van der Waals surface area contributed by atoms with Crippen LogP contribution in [0.4, 0.5) is 5.69 Å². The molecular weight excluding hydrogens is 254 g/mol. The van der Waals surface area contributed by atoms with E-state index in [1.165, 1.54) is 42.5 Å². The zero-order valence-electron chi connectivity index (χ0n) is 12.7. The van der Waals surface area contributed by atoms with Crippen LogP contribution in [0.3, 0.4) is 0 Å². The van der Waals surface area contributed by atoms with Crippen molar-refractivity contribution in [3.63, 3.8) is 0 Å². The van der Waals surface area contributed by atoms with Crippen molar-refractivity contribution in [3.05, 3.63) is 65.2 Å². The predicted octanol–water partition coefficient (Wildman–Crippen LogP) is 5.30. The number of para-hydroxylation sites is 1. The Kier molecular flexibility index (Phi) is 3.21. The highest BCUT2D eigenvalue weighted by Gasteiger charge is 2.30. The lowest BCUT2D eigenvalue weighted by Gasteiger charge is -2.36. The van der Waals surface area contributed by atoms with Crippen LogP contribution >= 0.6 is 0 Å². The quantitative estimate of drug-likeness (QED) is 0.785. The van der Waals surface area contributed by atoms with Crippen LogP contribution in [0.15, 0.2) is 48.5 Å². The summed E-state index contributed by atoms with van der Waals surface area (Å²) < 4.78 is 0. The Morgan fingerprint density at radius 1 is 0.905 bits per heavy atom. The van der Waals surface area contributed by atoms with Crippen LogP contribution in [0, 0.1) is 5.92 Å². The van der Waals surface area contributed by atoms with E-state index in [9.17, 15) is 0 Å². The SMILES string of the molecule is CC1Cc2ccccc2NC1c1ccccc1C1CCC1. The van der Waals surface area contributed by atoms with Crippen molar-refractivity contribution in [2.45, 2.75) is 44.6 Å². The smallest absolute Gasteiger partial charge is 0.0545 e. The Morgan fingerprint density at radius 2 is 1.62 bits per heavy atom. The Bertz CT molecular complexity index is 642. The van der Waals surface area contributed by atoms with E-state index in [1.54, 1.807) is 5.56 Å². The molecule has 1 heteroatoms. The van der Waals surface area contributed by atoms with Crippen molar-refractivity contribution in [2.24, 2.45) is 5.92 Å². The molecule has 0 saturated heterocycles. The molecule has 108 valence electrons. The van der Waals surface area contributed by atoms with Crippen molar-refractivity contribution in [3.8, 4) is 0 Å². The van der Waals surface area contributed by atoms with Crippen molar-refractivity contribution in [2.75, 3.05) is 5.32 Å². The first kappa shape index (κ1) is 12.9. The van der Waals surface area contributed by atoms with Gasteiger partial charge in [-0.1, -0.05) is 55.8 Å². The van der Waals surface area contributed by atoms with E-state index < -0.39 is 0 Å². The van der Waals surface area contributed by atoms with Crippen molar-refractivity contribution >= 4 is 5.69 Å². The molecule has 1 fully saturated rings. The number of rotatable bonds is 2. The number of anilines is 1. The van der Waals surface area contributed by atoms with Crippen molar-refractivity contribution < 1.29 is 0 Å². The molecule has 0 spiro atoms. The second-order valence-electron chi connectivity index (χ2n) is 6.72. The average Bonchev–Trinajstić information content (AvgIpc) is 2.45. The molecular formula is C20H23N. The molecule has 1 nitrogen and oxygen atoms in total. The summed E-state index contributed by atoms with van der Waals surface area (Å²) >= 11 is 0. The number of hydrogen-bond acceptors (Lipinski definition) is 1. The minimum atomic E-state index is 0.455. The number of fused-ring (bicyclic) bond motifs is 1. The number of nitrogens with one attached hydrogen (secondary N) is 1. The molecule has 2 unspecified atom stereocenters. The molecule has 4 rings (SSSR count). The van der Waals surface area contributed by atoms with Gasteiger partial charge >= 0.3 is 0 Å². The molecule has 1 heterocycles. The Balaban J connectivity index is 1.71. The van der Waals surface area contributed by atoms with E-state index in [0.29, 0.717) is 12.0 Å². The summed E-state index contributed by atoms with van der Waals surface area (Å²) in [5.41, 5.74) is 5.91. The van der Waals surface area contributed by atoms with Gasteiger partial charge in [-0.25, -0.2) is 0 Å². The van der Waals surface area contributed by atoms with Crippen LogP contribution in [0.25, 0.3) is 0 Å². The van der Waals surface area contributed by atoms with Gasteiger partial charge in [0.1, 0.15) is 0 Å². The molecule has 0 bridgehead atoms. The summed E-state index contributed by atoms with van der Waals surface area (Å²) in [7, 11) is 0. The molecule has 21 heavy (non-hydrogen) atoms. The van der Waals surface area contributed by atoms with Gasteiger partial charge in [0.05, 0.1) is 6.04 Å². The van der Waals surface area contributed by atoms with Gasteiger partial charge in [-0.05, 0) is 53.9 Å². The highest BCUT2D eigenvalue weighted by atomic mass is 14.9. The van der Waals surface area contributed by atoms with E-state index in [-0.39, 0.29) is 0 Å². The van der Waals surface area contributed by atoms with E-state index >= 15 is 0 Å². The first-order chi connectivity index (χ1) is 10.3. The molecule has 1 aliphatic carbocycles. The highest BCUT2D eigenvalue weighted by Crippen LogP contribution is 2.43. The standard InChI is InChI=1S/C20H23N/c1-14-13-16-7-2-5-12-19(16)21-20(14)18-11-4-3-10-17(18)15-8-6-9-15/h2-5,7,10-12,14-15,20-21H,6,8-9,13H2,1H3. The summed E-state index contributed by atoms with van der Waals surface area (Å²) in [6.07, 6.45) is 5.31. The summed E-state index contributed by atoms with van der Waals surface area (Å²) in [5, 5.41) is 3.81. The normalized spacial score (nSPS) is 24.8. The van der Waals surface area contributed by atoms with Gasteiger partial charge in [-0.15, -0.1) is 0 Å². The molecule has 1 aliphatic heterocycles. The van der Waals surface area contributed by atoms with Crippen LogP contribution in [-0.2, 0) is 6.42 Å². The van der Waals surface area contributed by atoms with Gasteiger partial charge in [0.25, 0.3) is 0 Å². The second kappa shape index (κ2) is 5.22. The fourth-order valence-corrected chi connectivity index (χ4v) is 3.88. The lowest BCUT2D eigenvalue weighted by atomic mass is 9.74. The molecule has 2 aromatic rings. The molecule has 0 amide bonds. The predicted molar refractivity (Wildman–Crippen MR) is 88.7 cm³/mol. The van der Waals surface area contributed by atoms with Crippen molar-refractivity contribution in [1.29, 1.82) is 0 Å². The average molecular weight is 277 g/mol. The maximum absolute atomic E-state index is 3.81. The maximum Gasteiger partial charge on any atom is 0.0545 e. The summed E-state index contributed by atoms with van der Waals surface area (Å²) in [4.78, 5) is 0. The molecule has 1 N–H and O–H groups in total. The molecule has 2 aliphatic rings. The largest absolute Gasteiger partial charge is 0.378 e. The van der Waals surface area contributed by atoms with Gasteiger partial charge in [-0.3, -0.25) is 0 Å². The maximum atomic E-state index is 3.81. The lowest BCUT2D eigenvalue weighted by molar-refractivity contribution is 0.407. The van der Waals surface area contributed by atoms with Gasteiger partial charge in [-0.2, -0.15) is 0 Å². The molecule has 0 radical (unpaired) electrons. The second-order valence-corrected chi connectivity index (χ2v) is 6.72. The third kappa shape index (κ3) is 2.25. The molecule has 2 atom stereocenters. The van der Waals surface area contributed by atoms with Gasteiger partial charge in [0.15, 0.2) is 0 Å². The van der Waals surface area contributed by atoms with Gasteiger partial charge < -0.3 is 5.32 Å². The lowest BCUT2D eigenvalue weighted by Crippen LogP contribution is -2.27. The van der Waals surface area contributed by atoms with Crippen molar-refractivity contribution in [1.82, 2.24) is 0 Å². The minimum Gasteiger partial charge on any atom is -0.378 e. The van der Waals surface area contributed by atoms with Crippen LogP contribution < -0.4 is 5.32 Å². The van der Waals surface area contributed by atoms with Crippen LogP contribution in [0.2, 0.25) is 0 Å². The van der Waals surface area contributed by atoms with Crippen LogP contribution in [0.1, 0.15) is 54.8 Å². The summed E-state index contributed by atoms with van der Waals surface area (Å²) in [5.74, 6) is 1.44. The van der Waals surface area contributed by atoms with Gasteiger partial charge in [0, 0.05) is 5.69 Å². The Labute approximate surface area is 127 Å². The monoisotopic (exact) mass is 277 g/mol. The first-order valence-corrected chi connectivity index (χ1v) is 8.26. The topological polar surface area (TPSA) is 12.0 Å². The fraction of sp³-hybridized carbons (Fsp3) is 0.400. The third-order valence-corrected chi connectivity index (χ3v) is 5.32. The molecule has 2 aromatic carbocycles. The third-order valence-electron chi connectivity index (χ3n) is 5.32. The number of hydrogen-bond donors (Lipinski definition) is 1. The van der Waals surface area contributed by atoms with E-state index in [4.69, 9.17) is 0 Å². The van der Waals surface area contributed by atoms with Crippen LogP contribution in [-0.4, -0.2) is 0 Å². The van der Waals surface area contributed by atoms with E-state index in [1.807, 2.05) is 0 Å². The first-order valence-electron chi connectivity index (χ1n) is 8.26. The van der Waals surface area contributed by atoms with E-state index in [0.717, 1.165) is 5.92 Å². The summed E-state index contributed by atoms with van der Waals surface area (Å²) in [6, 6.07) is 18.3. The Morgan fingerprint density at radius 3 is 2.38 bits per heavy atom. The minimum absolute atomic E-state index is 0.455. The number of benzene rings is 2. The zero-order valence-corrected chi connectivity index (χ0v) is 12.7.